The smallest absolute Gasteiger partial charge is 0.416 e. The third kappa shape index (κ3) is 4.45. The molecule has 0 bridgehead atoms. The first-order valence-electron chi connectivity index (χ1n) is 8.08. The van der Waals surface area contributed by atoms with Crippen LogP contribution in [0.1, 0.15) is 11.1 Å². The number of amides is 1. The maximum atomic E-state index is 13.0. The molecular weight excluding hydrogens is 407 g/mol. The van der Waals surface area contributed by atoms with Crippen LogP contribution in [0.3, 0.4) is 0 Å². The Labute approximate surface area is 169 Å². The van der Waals surface area contributed by atoms with Gasteiger partial charge in [0.25, 0.3) is 5.91 Å². The number of nitrogens with zero attached hydrogens (tertiary/aromatic N) is 1. The Morgan fingerprint density at radius 3 is 2.54 bits per heavy atom. The van der Waals surface area contributed by atoms with E-state index in [-0.39, 0.29) is 10.0 Å². The van der Waals surface area contributed by atoms with E-state index in [9.17, 15) is 18.0 Å². The highest BCUT2D eigenvalue weighted by Crippen LogP contribution is 2.38. The molecule has 144 valence electrons. The lowest BCUT2D eigenvalue weighted by molar-refractivity contribution is -0.137. The van der Waals surface area contributed by atoms with E-state index in [1.807, 2.05) is 0 Å². The highest BCUT2D eigenvalue weighted by Gasteiger charge is 2.36. The van der Waals surface area contributed by atoms with Crippen molar-refractivity contribution in [1.29, 1.82) is 0 Å². The second-order valence-electron chi connectivity index (χ2n) is 5.73. The SMILES string of the molecule is C=CCOc1ccc(C=C2SC(=S)N(c3cccc(C(F)(F)F)c3)C2=O)cc1. The molecule has 1 aliphatic rings. The zero-order valence-electron chi connectivity index (χ0n) is 14.4. The Balaban J connectivity index is 1.84. The normalized spacial score (nSPS) is 16.0. The van der Waals surface area contributed by atoms with Crippen LogP contribution in [0, 0.1) is 0 Å². The Hall–Kier alpha value is -2.58. The Morgan fingerprint density at radius 2 is 1.89 bits per heavy atom. The van der Waals surface area contributed by atoms with Gasteiger partial charge in [-0.25, -0.2) is 0 Å². The maximum Gasteiger partial charge on any atom is 0.416 e. The molecule has 0 unspecified atom stereocenters. The summed E-state index contributed by atoms with van der Waals surface area (Å²) in [5.74, 6) is 0.204. The van der Waals surface area contributed by atoms with Gasteiger partial charge in [-0.15, -0.1) is 0 Å². The van der Waals surface area contributed by atoms with Crippen LogP contribution >= 0.6 is 24.0 Å². The van der Waals surface area contributed by atoms with Crippen molar-refractivity contribution >= 4 is 46.0 Å². The summed E-state index contributed by atoms with van der Waals surface area (Å²) in [7, 11) is 0. The quantitative estimate of drug-likeness (QED) is 0.353. The van der Waals surface area contributed by atoms with Gasteiger partial charge in [0.15, 0.2) is 4.32 Å². The minimum absolute atomic E-state index is 0.0916. The van der Waals surface area contributed by atoms with Crippen LogP contribution < -0.4 is 9.64 Å². The second kappa shape index (κ2) is 8.20. The number of thioether (sulfide) groups is 1. The molecule has 0 N–H and O–H groups in total. The largest absolute Gasteiger partial charge is 0.490 e. The van der Waals surface area contributed by atoms with Gasteiger partial charge in [0, 0.05) is 0 Å². The maximum absolute atomic E-state index is 13.0. The van der Waals surface area contributed by atoms with Crippen LogP contribution in [0.25, 0.3) is 6.08 Å². The van der Waals surface area contributed by atoms with Crippen molar-refractivity contribution in [3.05, 3.63) is 77.2 Å². The van der Waals surface area contributed by atoms with Crippen molar-refractivity contribution in [2.75, 3.05) is 11.5 Å². The van der Waals surface area contributed by atoms with Crippen molar-refractivity contribution in [1.82, 2.24) is 0 Å². The molecule has 3 nitrogen and oxygen atoms in total. The van der Waals surface area contributed by atoms with E-state index in [2.05, 4.69) is 6.58 Å². The van der Waals surface area contributed by atoms with Crippen LogP contribution in [-0.2, 0) is 11.0 Å². The standard InChI is InChI=1S/C20H14F3NO2S2/c1-2-10-26-16-8-6-13(7-9-16)11-17-18(25)24(19(27)28-17)15-5-3-4-14(12-15)20(21,22)23/h2-9,11-12H,1,10H2. The van der Waals surface area contributed by atoms with Crippen LogP contribution in [0.2, 0.25) is 0 Å². The average Bonchev–Trinajstić information content (AvgIpc) is 2.94. The number of carbonyl (C=O) groups excluding carboxylic acids is 1. The van der Waals surface area contributed by atoms with E-state index >= 15 is 0 Å². The van der Waals surface area contributed by atoms with Crippen molar-refractivity contribution < 1.29 is 22.7 Å². The topological polar surface area (TPSA) is 29.5 Å². The molecule has 1 fully saturated rings. The molecule has 0 aromatic heterocycles. The number of benzene rings is 2. The summed E-state index contributed by atoms with van der Waals surface area (Å²) in [5, 5.41) is 0. The number of alkyl halides is 3. The first kappa shape index (κ1) is 20.2. The van der Waals surface area contributed by atoms with Gasteiger partial charge >= 0.3 is 6.18 Å². The van der Waals surface area contributed by atoms with Crippen molar-refractivity contribution in [2.24, 2.45) is 0 Å². The summed E-state index contributed by atoms with van der Waals surface area (Å²) in [6.45, 7) is 3.96. The molecular formula is C20H14F3NO2S2. The molecule has 1 heterocycles. The summed E-state index contributed by atoms with van der Waals surface area (Å²) in [5.41, 5.74) is 0.00235. The molecule has 2 aromatic carbocycles. The van der Waals surface area contributed by atoms with Crippen LogP contribution in [0.4, 0.5) is 18.9 Å². The summed E-state index contributed by atoms with van der Waals surface area (Å²) in [6, 6.07) is 11.6. The summed E-state index contributed by atoms with van der Waals surface area (Å²) in [6.07, 6.45) is -1.22. The molecule has 0 atom stereocenters. The van der Waals surface area contributed by atoms with E-state index in [0.29, 0.717) is 17.3 Å². The van der Waals surface area contributed by atoms with Gasteiger partial charge in [0.05, 0.1) is 16.2 Å². The lowest BCUT2D eigenvalue weighted by Gasteiger charge is -2.16. The average molecular weight is 421 g/mol. The van der Waals surface area contributed by atoms with Gasteiger partial charge in [-0.1, -0.05) is 54.8 Å². The predicted molar refractivity (Wildman–Crippen MR) is 109 cm³/mol. The summed E-state index contributed by atoms with van der Waals surface area (Å²) < 4.78 is 44.4. The van der Waals surface area contributed by atoms with Gasteiger partial charge in [0.2, 0.25) is 0 Å². The fourth-order valence-electron chi connectivity index (χ4n) is 2.48. The number of hydrogen-bond donors (Lipinski definition) is 0. The van der Waals surface area contributed by atoms with Gasteiger partial charge in [-0.3, -0.25) is 9.69 Å². The second-order valence-corrected chi connectivity index (χ2v) is 7.41. The van der Waals surface area contributed by atoms with Crippen LogP contribution in [0.15, 0.2) is 66.1 Å². The van der Waals surface area contributed by atoms with Crippen LogP contribution in [-0.4, -0.2) is 16.8 Å². The Morgan fingerprint density at radius 1 is 1.18 bits per heavy atom. The highest BCUT2D eigenvalue weighted by atomic mass is 32.2. The number of carbonyl (C=O) groups is 1. The van der Waals surface area contributed by atoms with E-state index < -0.39 is 17.6 Å². The molecule has 28 heavy (non-hydrogen) atoms. The van der Waals surface area contributed by atoms with E-state index in [1.54, 1.807) is 36.4 Å². The predicted octanol–water partition coefficient (Wildman–Crippen LogP) is 5.68. The van der Waals surface area contributed by atoms with Gasteiger partial charge in [-0.2, -0.15) is 13.2 Å². The van der Waals surface area contributed by atoms with Crippen molar-refractivity contribution in [3.8, 4) is 5.75 Å². The first-order valence-corrected chi connectivity index (χ1v) is 9.31. The molecule has 0 radical (unpaired) electrons. The first-order chi connectivity index (χ1) is 13.3. The third-order valence-electron chi connectivity index (χ3n) is 3.77. The molecule has 0 spiro atoms. The molecule has 1 saturated heterocycles. The lowest BCUT2D eigenvalue weighted by atomic mass is 10.1. The zero-order chi connectivity index (χ0) is 20.3. The molecule has 8 heteroatoms. The fourth-order valence-corrected chi connectivity index (χ4v) is 3.78. The number of anilines is 1. The number of ether oxygens (including phenoxy) is 1. The Kier molecular flexibility index (Phi) is 5.90. The molecule has 2 aromatic rings. The summed E-state index contributed by atoms with van der Waals surface area (Å²) in [4.78, 5) is 14.2. The molecule has 3 rings (SSSR count). The van der Waals surface area contributed by atoms with Crippen molar-refractivity contribution in [2.45, 2.75) is 6.18 Å². The van der Waals surface area contributed by atoms with E-state index in [1.165, 1.54) is 12.1 Å². The third-order valence-corrected chi connectivity index (χ3v) is 5.07. The lowest BCUT2D eigenvalue weighted by Crippen LogP contribution is -2.27. The van der Waals surface area contributed by atoms with E-state index in [0.717, 1.165) is 34.4 Å². The Bertz CT molecular complexity index is 953. The molecule has 1 amide bonds. The minimum atomic E-state index is -4.50. The van der Waals surface area contributed by atoms with Gasteiger partial charge < -0.3 is 4.74 Å². The zero-order valence-corrected chi connectivity index (χ0v) is 16.0. The highest BCUT2D eigenvalue weighted by molar-refractivity contribution is 8.27. The van der Waals surface area contributed by atoms with Crippen LogP contribution in [0.5, 0.6) is 5.75 Å². The monoisotopic (exact) mass is 421 g/mol. The summed E-state index contributed by atoms with van der Waals surface area (Å²) >= 11 is 6.26. The van der Waals surface area contributed by atoms with Crippen molar-refractivity contribution in [3.63, 3.8) is 0 Å². The molecule has 1 aliphatic heterocycles. The van der Waals surface area contributed by atoms with Gasteiger partial charge in [-0.05, 0) is 42.0 Å². The number of rotatable bonds is 5. The van der Waals surface area contributed by atoms with Gasteiger partial charge in [0.1, 0.15) is 12.4 Å². The fraction of sp³-hybridized carbons (Fsp3) is 0.100. The number of hydrogen-bond acceptors (Lipinski definition) is 4. The molecule has 0 saturated carbocycles. The number of halogens is 3. The van der Waals surface area contributed by atoms with E-state index in [4.69, 9.17) is 17.0 Å². The molecule has 0 aliphatic carbocycles. The minimum Gasteiger partial charge on any atom is -0.490 e. The number of thiocarbonyl (C=S) groups is 1.